The largest absolute Gasteiger partial charge is 0.323 e. The van der Waals surface area contributed by atoms with Crippen LogP contribution >= 0.6 is 22.9 Å². The summed E-state index contributed by atoms with van der Waals surface area (Å²) in [5.41, 5.74) is 7.57. The summed E-state index contributed by atoms with van der Waals surface area (Å²) in [6, 6.07) is 0.152. The summed E-state index contributed by atoms with van der Waals surface area (Å²) in [6.45, 7) is 4.35. The number of thiophene rings is 1. The first-order chi connectivity index (χ1) is 8.13. The second kappa shape index (κ2) is 5.73. The van der Waals surface area contributed by atoms with Crippen molar-refractivity contribution in [1.82, 2.24) is 0 Å². The molecule has 96 valence electrons. The molecule has 3 heteroatoms. The number of aryl methyl sites for hydroxylation is 1. The van der Waals surface area contributed by atoms with Crippen molar-refractivity contribution < 1.29 is 0 Å². The fourth-order valence-corrected chi connectivity index (χ4v) is 4.26. The SMILES string of the molecule is CCC1CCC(C(N)c2scc(C)c2Cl)CC1. The summed E-state index contributed by atoms with van der Waals surface area (Å²) in [6.07, 6.45) is 6.55. The summed E-state index contributed by atoms with van der Waals surface area (Å²) >= 11 is 8.04. The van der Waals surface area contributed by atoms with Gasteiger partial charge >= 0.3 is 0 Å². The Morgan fingerprint density at radius 1 is 1.41 bits per heavy atom. The third-order valence-corrected chi connectivity index (χ3v) is 6.02. The van der Waals surface area contributed by atoms with E-state index in [0.717, 1.165) is 10.9 Å². The van der Waals surface area contributed by atoms with Gasteiger partial charge in [0.05, 0.1) is 5.02 Å². The molecule has 1 aromatic heterocycles. The van der Waals surface area contributed by atoms with E-state index in [2.05, 4.69) is 19.2 Å². The minimum atomic E-state index is 0.152. The number of hydrogen-bond acceptors (Lipinski definition) is 2. The molecule has 1 saturated carbocycles. The zero-order valence-corrected chi connectivity index (χ0v) is 12.3. The maximum atomic E-state index is 6.40. The molecule has 0 bridgehead atoms. The third-order valence-electron chi connectivity index (χ3n) is 4.20. The van der Waals surface area contributed by atoms with Crippen LogP contribution in [-0.4, -0.2) is 0 Å². The summed E-state index contributed by atoms with van der Waals surface area (Å²) in [7, 11) is 0. The summed E-state index contributed by atoms with van der Waals surface area (Å²) < 4.78 is 0. The van der Waals surface area contributed by atoms with E-state index < -0.39 is 0 Å². The average Bonchev–Trinajstić information content (AvgIpc) is 2.69. The van der Waals surface area contributed by atoms with Crippen molar-refractivity contribution in [3.05, 3.63) is 20.8 Å². The van der Waals surface area contributed by atoms with Crippen LogP contribution in [0.1, 0.15) is 55.5 Å². The molecular weight excluding hydrogens is 250 g/mol. The van der Waals surface area contributed by atoms with Crippen LogP contribution in [0, 0.1) is 18.8 Å². The Morgan fingerprint density at radius 3 is 2.53 bits per heavy atom. The topological polar surface area (TPSA) is 26.0 Å². The minimum absolute atomic E-state index is 0.152. The van der Waals surface area contributed by atoms with Gasteiger partial charge in [-0.15, -0.1) is 11.3 Å². The predicted octanol–water partition coefficient (Wildman–Crippen LogP) is 4.93. The van der Waals surface area contributed by atoms with E-state index in [0.29, 0.717) is 5.92 Å². The van der Waals surface area contributed by atoms with Gasteiger partial charge in [0.1, 0.15) is 0 Å². The molecule has 2 N–H and O–H groups in total. The van der Waals surface area contributed by atoms with Crippen LogP contribution in [0.3, 0.4) is 0 Å². The van der Waals surface area contributed by atoms with Crippen LogP contribution in [0.25, 0.3) is 0 Å². The normalized spacial score (nSPS) is 27.1. The number of halogens is 1. The lowest BCUT2D eigenvalue weighted by molar-refractivity contribution is 0.241. The Morgan fingerprint density at radius 2 is 2.06 bits per heavy atom. The highest BCUT2D eigenvalue weighted by Gasteiger charge is 2.27. The van der Waals surface area contributed by atoms with Crippen LogP contribution in [0.5, 0.6) is 0 Å². The van der Waals surface area contributed by atoms with Gasteiger partial charge in [-0.2, -0.15) is 0 Å². The quantitative estimate of drug-likeness (QED) is 0.829. The predicted molar refractivity (Wildman–Crippen MR) is 76.7 cm³/mol. The Kier molecular flexibility index (Phi) is 4.51. The Bertz CT molecular complexity index is 366. The van der Waals surface area contributed by atoms with Crippen molar-refractivity contribution in [3.8, 4) is 0 Å². The van der Waals surface area contributed by atoms with Gasteiger partial charge in [-0.1, -0.05) is 37.8 Å². The van der Waals surface area contributed by atoms with Gasteiger partial charge in [-0.25, -0.2) is 0 Å². The van der Waals surface area contributed by atoms with E-state index in [-0.39, 0.29) is 6.04 Å². The second-order valence-corrected chi connectivity index (χ2v) is 6.60. The summed E-state index contributed by atoms with van der Waals surface area (Å²) in [5, 5.41) is 3.02. The summed E-state index contributed by atoms with van der Waals surface area (Å²) in [5.74, 6) is 1.56. The maximum absolute atomic E-state index is 6.40. The molecule has 1 heterocycles. The lowest BCUT2D eigenvalue weighted by Crippen LogP contribution is -2.25. The van der Waals surface area contributed by atoms with Gasteiger partial charge in [0.15, 0.2) is 0 Å². The fourth-order valence-electron chi connectivity index (χ4n) is 2.84. The molecule has 1 fully saturated rings. The molecule has 1 nitrogen and oxygen atoms in total. The smallest absolute Gasteiger partial charge is 0.0590 e. The van der Waals surface area contributed by atoms with E-state index in [1.807, 2.05) is 0 Å². The van der Waals surface area contributed by atoms with Gasteiger partial charge in [-0.3, -0.25) is 0 Å². The maximum Gasteiger partial charge on any atom is 0.0590 e. The molecule has 0 amide bonds. The van der Waals surface area contributed by atoms with E-state index in [9.17, 15) is 0 Å². The molecule has 1 unspecified atom stereocenters. The van der Waals surface area contributed by atoms with Gasteiger partial charge < -0.3 is 5.73 Å². The first kappa shape index (κ1) is 13.4. The Balaban J connectivity index is 2.01. The van der Waals surface area contributed by atoms with Gasteiger partial charge in [0, 0.05) is 10.9 Å². The highest BCUT2D eigenvalue weighted by atomic mass is 35.5. The Hall–Kier alpha value is -0.0500. The second-order valence-electron chi connectivity index (χ2n) is 5.31. The first-order valence-corrected chi connectivity index (χ1v) is 7.88. The van der Waals surface area contributed by atoms with Crippen molar-refractivity contribution >= 4 is 22.9 Å². The molecule has 1 atom stereocenters. The highest BCUT2D eigenvalue weighted by Crippen LogP contribution is 2.41. The zero-order chi connectivity index (χ0) is 12.4. The van der Waals surface area contributed by atoms with Crippen LogP contribution in [0.4, 0.5) is 0 Å². The molecule has 0 aromatic carbocycles. The molecule has 1 aromatic rings. The molecule has 1 aliphatic carbocycles. The molecular formula is C14H22ClNS. The van der Waals surface area contributed by atoms with Gasteiger partial charge in [-0.05, 0) is 42.5 Å². The minimum Gasteiger partial charge on any atom is -0.323 e. The molecule has 2 rings (SSSR count). The lowest BCUT2D eigenvalue weighted by Gasteiger charge is -2.31. The zero-order valence-electron chi connectivity index (χ0n) is 10.7. The number of rotatable bonds is 3. The van der Waals surface area contributed by atoms with Gasteiger partial charge in [0.2, 0.25) is 0 Å². The standard InChI is InChI=1S/C14H22ClNS/c1-3-10-4-6-11(7-5-10)13(16)14-12(15)9(2)8-17-14/h8,10-11,13H,3-7,16H2,1-2H3. The average molecular weight is 272 g/mol. The van der Waals surface area contributed by atoms with Crippen molar-refractivity contribution in [2.45, 2.75) is 52.0 Å². The van der Waals surface area contributed by atoms with Crippen molar-refractivity contribution in [1.29, 1.82) is 0 Å². The summed E-state index contributed by atoms with van der Waals surface area (Å²) in [4.78, 5) is 1.20. The molecule has 0 spiro atoms. The van der Waals surface area contributed by atoms with E-state index >= 15 is 0 Å². The van der Waals surface area contributed by atoms with Crippen LogP contribution in [-0.2, 0) is 0 Å². The number of hydrogen-bond donors (Lipinski definition) is 1. The highest BCUT2D eigenvalue weighted by molar-refractivity contribution is 7.10. The van der Waals surface area contributed by atoms with E-state index in [4.69, 9.17) is 17.3 Å². The first-order valence-electron chi connectivity index (χ1n) is 6.62. The molecule has 0 aliphatic heterocycles. The molecule has 17 heavy (non-hydrogen) atoms. The molecule has 0 saturated heterocycles. The van der Waals surface area contributed by atoms with E-state index in [1.165, 1.54) is 42.5 Å². The van der Waals surface area contributed by atoms with Crippen LogP contribution in [0.2, 0.25) is 5.02 Å². The lowest BCUT2D eigenvalue weighted by atomic mass is 9.77. The molecule has 0 radical (unpaired) electrons. The van der Waals surface area contributed by atoms with Crippen LogP contribution in [0.15, 0.2) is 5.38 Å². The van der Waals surface area contributed by atoms with Crippen molar-refractivity contribution in [3.63, 3.8) is 0 Å². The third kappa shape index (κ3) is 2.86. The fraction of sp³-hybridized carbons (Fsp3) is 0.714. The van der Waals surface area contributed by atoms with Crippen molar-refractivity contribution in [2.75, 3.05) is 0 Å². The monoisotopic (exact) mass is 271 g/mol. The van der Waals surface area contributed by atoms with E-state index in [1.54, 1.807) is 11.3 Å². The van der Waals surface area contributed by atoms with Gasteiger partial charge in [0.25, 0.3) is 0 Å². The van der Waals surface area contributed by atoms with Crippen LogP contribution < -0.4 is 5.73 Å². The Labute approximate surface area is 113 Å². The molecule has 1 aliphatic rings. The number of nitrogens with two attached hydrogens (primary N) is 1. The van der Waals surface area contributed by atoms with Crippen molar-refractivity contribution in [2.24, 2.45) is 17.6 Å².